The van der Waals surface area contributed by atoms with Crippen LogP contribution in [0.4, 0.5) is 0 Å². The third kappa shape index (κ3) is 1.01. The second kappa shape index (κ2) is 2.14. The van der Waals surface area contributed by atoms with Gasteiger partial charge in [-0.2, -0.15) is 0 Å². The Labute approximate surface area is 58.0 Å². The molecule has 50 valence electrons. The lowest BCUT2D eigenvalue weighted by atomic mass is 10.00. The Morgan fingerprint density at radius 3 is 1.56 bits per heavy atom. The molecule has 0 amide bonds. The minimum atomic E-state index is -0.0671. The molecule has 0 N–H and O–H groups in total. The van der Waals surface area contributed by atoms with E-state index >= 15 is 0 Å². The molecule has 3 heteroatoms. The molecule has 1 saturated heterocycles. The van der Waals surface area contributed by atoms with Crippen molar-refractivity contribution in [1.82, 2.24) is 0 Å². The molecule has 0 aromatic heterocycles. The van der Waals surface area contributed by atoms with E-state index in [9.17, 15) is 9.59 Å². The first-order valence-electron chi connectivity index (χ1n) is 2.88. The smallest absolute Gasteiger partial charge is 0.199 e. The van der Waals surface area contributed by atoms with E-state index in [2.05, 4.69) is 0 Å². The quantitative estimate of drug-likeness (QED) is 0.509. The SMILES string of the molecule is CC1C(=O)SC(=O)C1C. The Balaban J connectivity index is 2.77. The molecular weight excluding hydrogens is 136 g/mol. The van der Waals surface area contributed by atoms with Gasteiger partial charge in [-0.3, -0.25) is 9.59 Å². The summed E-state index contributed by atoms with van der Waals surface area (Å²) in [5.74, 6) is -0.134. The van der Waals surface area contributed by atoms with E-state index in [0.717, 1.165) is 11.8 Å². The average Bonchev–Trinajstić information content (AvgIpc) is 1.98. The highest BCUT2D eigenvalue weighted by Gasteiger charge is 2.35. The monoisotopic (exact) mass is 144 g/mol. The minimum absolute atomic E-state index is 0.0208. The summed E-state index contributed by atoms with van der Waals surface area (Å²) >= 11 is 0.859. The van der Waals surface area contributed by atoms with Crippen molar-refractivity contribution in [3.8, 4) is 0 Å². The highest BCUT2D eigenvalue weighted by molar-refractivity contribution is 8.26. The molecule has 0 saturated carbocycles. The van der Waals surface area contributed by atoms with Crippen molar-refractivity contribution in [2.45, 2.75) is 13.8 Å². The fourth-order valence-corrected chi connectivity index (χ4v) is 1.67. The standard InChI is InChI=1S/C6H8O2S/c1-3-4(2)6(8)9-5(3)7/h3-4H,1-2H3. The van der Waals surface area contributed by atoms with Crippen LogP contribution in [-0.2, 0) is 9.59 Å². The maximum absolute atomic E-state index is 10.7. The van der Waals surface area contributed by atoms with Crippen molar-refractivity contribution >= 4 is 22.0 Å². The van der Waals surface area contributed by atoms with E-state index in [1.165, 1.54) is 0 Å². The van der Waals surface area contributed by atoms with Crippen LogP contribution in [0.3, 0.4) is 0 Å². The highest BCUT2D eigenvalue weighted by atomic mass is 32.2. The second-order valence-electron chi connectivity index (χ2n) is 2.32. The Hall–Kier alpha value is -0.310. The van der Waals surface area contributed by atoms with E-state index in [1.54, 1.807) is 13.8 Å². The molecule has 1 aliphatic rings. The van der Waals surface area contributed by atoms with Crippen LogP contribution in [0, 0.1) is 11.8 Å². The summed E-state index contributed by atoms with van der Waals surface area (Å²) in [5.41, 5.74) is 0. The first-order chi connectivity index (χ1) is 4.13. The van der Waals surface area contributed by atoms with E-state index < -0.39 is 0 Å². The molecule has 1 heterocycles. The van der Waals surface area contributed by atoms with Crippen LogP contribution >= 0.6 is 11.8 Å². The van der Waals surface area contributed by atoms with E-state index in [-0.39, 0.29) is 22.1 Å². The molecule has 1 aliphatic heterocycles. The van der Waals surface area contributed by atoms with Gasteiger partial charge >= 0.3 is 0 Å². The van der Waals surface area contributed by atoms with Gasteiger partial charge in [0, 0.05) is 11.8 Å². The van der Waals surface area contributed by atoms with Gasteiger partial charge in [-0.1, -0.05) is 13.8 Å². The van der Waals surface area contributed by atoms with Gasteiger partial charge in [-0.05, 0) is 11.8 Å². The second-order valence-corrected chi connectivity index (χ2v) is 3.33. The predicted molar refractivity (Wildman–Crippen MR) is 35.9 cm³/mol. The molecule has 0 aliphatic carbocycles. The summed E-state index contributed by atoms with van der Waals surface area (Å²) in [4.78, 5) is 21.5. The number of hydrogen-bond acceptors (Lipinski definition) is 3. The van der Waals surface area contributed by atoms with Crippen LogP contribution in [0.25, 0.3) is 0 Å². The summed E-state index contributed by atoms with van der Waals surface area (Å²) in [6, 6.07) is 0. The third-order valence-electron chi connectivity index (χ3n) is 1.69. The summed E-state index contributed by atoms with van der Waals surface area (Å²) in [6.45, 7) is 3.59. The number of hydrogen-bond donors (Lipinski definition) is 0. The first kappa shape index (κ1) is 6.81. The van der Waals surface area contributed by atoms with Crippen LogP contribution in [0.2, 0.25) is 0 Å². The Morgan fingerprint density at radius 1 is 1.11 bits per heavy atom. The summed E-state index contributed by atoms with van der Waals surface area (Å²) in [6.07, 6.45) is 0. The zero-order chi connectivity index (χ0) is 7.02. The fraction of sp³-hybridized carbons (Fsp3) is 0.667. The Kier molecular flexibility index (Phi) is 1.62. The molecule has 0 aromatic rings. The first-order valence-corrected chi connectivity index (χ1v) is 3.70. The molecule has 1 rings (SSSR count). The topological polar surface area (TPSA) is 34.1 Å². The van der Waals surface area contributed by atoms with Crippen molar-refractivity contribution in [3.05, 3.63) is 0 Å². The van der Waals surface area contributed by atoms with Crippen molar-refractivity contribution in [3.63, 3.8) is 0 Å². The van der Waals surface area contributed by atoms with Gasteiger partial charge < -0.3 is 0 Å². The third-order valence-corrected chi connectivity index (χ3v) is 2.84. The van der Waals surface area contributed by atoms with Gasteiger partial charge in [0.1, 0.15) is 0 Å². The van der Waals surface area contributed by atoms with Crippen molar-refractivity contribution in [2.24, 2.45) is 11.8 Å². The predicted octanol–water partition coefficient (Wildman–Crippen LogP) is 1.06. The molecule has 2 atom stereocenters. The average molecular weight is 144 g/mol. The van der Waals surface area contributed by atoms with E-state index in [0.29, 0.717) is 0 Å². The van der Waals surface area contributed by atoms with Gasteiger partial charge in [0.25, 0.3) is 0 Å². The minimum Gasteiger partial charge on any atom is -0.286 e. The van der Waals surface area contributed by atoms with Crippen LogP contribution < -0.4 is 0 Å². The molecule has 0 spiro atoms. The lowest BCUT2D eigenvalue weighted by Gasteiger charge is -2.00. The van der Waals surface area contributed by atoms with Crippen molar-refractivity contribution < 1.29 is 9.59 Å². The van der Waals surface area contributed by atoms with Gasteiger partial charge in [0.2, 0.25) is 0 Å². The number of carbonyl (C=O) groups excluding carboxylic acids is 2. The van der Waals surface area contributed by atoms with E-state index in [1.807, 2.05) is 0 Å². The highest BCUT2D eigenvalue weighted by Crippen LogP contribution is 2.31. The molecule has 0 aromatic carbocycles. The largest absolute Gasteiger partial charge is 0.286 e. The van der Waals surface area contributed by atoms with Crippen LogP contribution in [-0.4, -0.2) is 10.2 Å². The Morgan fingerprint density at radius 2 is 1.44 bits per heavy atom. The van der Waals surface area contributed by atoms with Crippen molar-refractivity contribution in [2.75, 3.05) is 0 Å². The maximum Gasteiger partial charge on any atom is 0.199 e. The number of thioether (sulfide) groups is 1. The van der Waals surface area contributed by atoms with Gasteiger partial charge in [-0.25, -0.2) is 0 Å². The van der Waals surface area contributed by atoms with Crippen LogP contribution in [0.1, 0.15) is 13.8 Å². The number of rotatable bonds is 0. The van der Waals surface area contributed by atoms with E-state index in [4.69, 9.17) is 0 Å². The zero-order valence-electron chi connectivity index (χ0n) is 5.38. The summed E-state index contributed by atoms with van der Waals surface area (Å²) in [7, 11) is 0. The van der Waals surface area contributed by atoms with Gasteiger partial charge in [0.15, 0.2) is 10.2 Å². The fourth-order valence-electron chi connectivity index (χ4n) is 0.693. The van der Waals surface area contributed by atoms with Crippen LogP contribution in [0.15, 0.2) is 0 Å². The molecule has 1 fully saturated rings. The van der Waals surface area contributed by atoms with Gasteiger partial charge in [0.05, 0.1) is 0 Å². The summed E-state index contributed by atoms with van der Waals surface area (Å²) in [5, 5.41) is 0.0417. The van der Waals surface area contributed by atoms with Crippen LogP contribution in [0.5, 0.6) is 0 Å². The lowest BCUT2D eigenvalue weighted by Crippen LogP contribution is -2.09. The zero-order valence-corrected chi connectivity index (χ0v) is 6.20. The summed E-state index contributed by atoms with van der Waals surface area (Å²) < 4.78 is 0. The van der Waals surface area contributed by atoms with Gasteiger partial charge in [-0.15, -0.1) is 0 Å². The molecule has 9 heavy (non-hydrogen) atoms. The lowest BCUT2D eigenvalue weighted by molar-refractivity contribution is -0.118. The molecule has 2 unspecified atom stereocenters. The van der Waals surface area contributed by atoms with Crippen molar-refractivity contribution in [1.29, 1.82) is 0 Å². The molecule has 0 bridgehead atoms. The normalized spacial score (nSPS) is 35.8. The molecule has 2 nitrogen and oxygen atoms in total. The Bertz CT molecular complexity index is 146. The number of carbonyl (C=O) groups is 2. The maximum atomic E-state index is 10.7. The molecular formula is C6H8O2S. The molecule has 0 radical (unpaired) electrons.